The normalized spacial score (nSPS) is 25.7. The van der Waals surface area contributed by atoms with Gasteiger partial charge in [0, 0.05) is 12.6 Å². The Hall–Kier alpha value is -0.600. The van der Waals surface area contributed by atoms with Crippen LogP contribution in [0.1, 0.15) is 13.3 Å². The van der Waals surface area contributed by atoms with Gasteiger partial charge in [0.15, 0.2) is 0 Å². The molecule has 0 spiro atoms. The fourth-order valence-corrected chi connectivity index (χ4v) is 1.13. The molecule has 10 heavy (non-hydrogen) atoms. The third-order valence-electron chi connectivity index (χ3n) is 1.82. The van der Waals surface area contributed by atoms with Gasteiger partial charge in [-0.3, -0.25) is 0 Å². The van der Waals surface area contributed by atoms with Crippen LogP contribution in [0.25, 0.3) is 0 Å². The number of allylic oxidation sites excluding steroid dienone is 2. The lowest BCUT2D eigenvalue weighted by atomic mass is 9.96. The highest BCUT2D eigenvalue weighted by Crippen LogP contribution is 2.14. The van der Waals surface area contributed by atoms with Crippen LogP contribution in [-0.2, 0) is 0 Å². The third kappa shape index (κ3) is 1.46. The van der Waals surface area contributed by atoms with Gasteiger partial charge in [-0.25, -0.2) is 0 Å². The maximum absolute atomic E-state index is 5.76. The molecule has 2 nitrogen and oxygen atoms in total. The average Bonchev–Trinajstić information content (AvgIpc) is 1.94. The molecule has 0 saturated carbocycles. The Bertz CT molecular complexity index is 180. The first-order valence-electron chi connectivity index (χ1n) is 3.57. The van der Waals surface area contributed by atoms with Crippen LogP contribution in [-0.4, -0.2) is 12.6 Å². The molecule has 0 radical (unpaired) electrons. The van der Waals surface area contributed by atoms with E-state index < -0.39 is 0 Å². The molecule has 0 saturated heterocycles. The lowest BCUT2D eigenvalue weighted by Crippen LogP contribution is -2.28. The van der Waals surface area contributed by atoms with Gasteiger partial charge in [-0.05, 0) is 18.9 Å². The van der Waals surface area contributed by atoms with Crippen LogP contribution < -0.4 is 11.5 Å². The van der Waals surface area contributed by atoms with Gasteiger partial charge in [-0.15, -0.1) is 0 Å². The van der Waals surface area contributed by atoms with Gasteiger partial charge in [0.05, 0.1) is 0 Å². The lowest BCUT2D eigenvalue weighted by Gasteiger charge is -2.17. The number of hydrogen-bond donors (Lipinski definition) is 2. The Morgan fingerprint density at radius 1 is 1.70 bits per heavy atom. The average molecular weight is 138 g/mol. The zero-order valence-corrected chi connectivity index (χ0v) is 6.30. The summed E-state index contributed by atoms with van der Waals surface area (Å²) in [6.07, 6.45) is 5.16. The van der Waals surface area contributed by atoms with E-state index in [0.29, 0.717) is 6.54 Å². The molecule has 0 aromatic rings. The van der Waals surface area contributed by atoms with Crippen molar-refractivity contribution < 1.29 is 0 Å². The van der Waals surface area contributed by atoms with Gasteiger partial charge >= 0.3 is 0 Å². The van der Waals surface area contributed by atoms with Gasteiger partial charge in [0.2, 0.25) is 0 Å². The van der Waals surface area contributed by atoms with E-state index in [0.717, 1.165) is 6.42 Å². The predicted octanol–water partition coefficient (Wildman–Crippen LogP) is 0.549. The van der Waals surface area contributed by atoms with Crippen molar-refractivity contribution in [2.24, 2.45) is 11.5 Å². The predicted molar refractivity (Wildman–Crippen MR) is 43.5 cm³/mol. The van der Waals surface area contributed by atoms with Gasteiger partial charge < -0.3 is 11.5 Å². The fraction of sp³-hybridized carbons (Fsp3) is 0.500. The van der Waals surface area contributed by atoms with E-state index >= 15 is 0 Å². The van der Waals surface area contributed by atoms with Crippen molar-refractivity contribution in [1.29, 1.82) is 0 Å². The molecule has 0 bridgehead atoms. The number of rotatable bonds is 1. The number of nitrogens with two attached hydrogens (primary N) is 2. The van der Waals surface area contributed by atoms with Gasteiger partial charge in [0.1, 0.15) is 0 Å². The highest BCUT2D eigenvalue weighted by atomic mass is 14.7. The molecule has 0 aromatic heterocycles. The second-order valence-electron chi connectivity index (χ2n) is 2.71. The zero-order valence-electron chi connectivity index (χ0n) is 6.30. The minimum Gasteiger partial charge on any atom is -0.327 e. The minimum absolute atomic E-state index is 0.161. The van der Waals surface area contributed by atoms with Crippen LogP contribution in [0, 0.1) is 0 Å². The van der Waals surface area contributed by atoms with Crippen molar-refractivity contribution in [3.8, 4) is 0 Å². The molecule has 0 amide bonds. The summed E-state index contributed by atoms with van der Waals surface area (Å²) in [4.78, 5) is 0. The van der Waals surface area contributed by atoms with E-state index in [1.54, 1.807) is 0 Å². The molecule has 2 heteroatoms. The second-order valence-corrected chi connectivity index (χ2v) is 2.71. The molecule has 0 unspecified atom stereocenters. The van der Waals surface area contributed by atoms with E-state index in [1.165, 1.54) is 11.1 Å². The topological polar surface area (TPSA) is 52.0 Å². The van der Waals surface area contributed by atoms with Gasteiger partial charge in [-0.2, -0.15) is 0 Å². The fourth-order valence-electron chi connectivity index (χ4n) is 1.13. The quantitative estimate of drug-likeness (QED) is 0.556. The summed E-state index contributed by atoms with van der Waals surface area (Å²) in [6.45, 7) is 2.66. The Kier molecular flexibility index (Phi) is 2.25. The maximum Gasteiger partial charge on any atom is 0.0304 e. The summed E-state index contributed by atoms with van der Waals surface area (Å²) in [7, 11) is 0. The Morgan fingerprint density at radius 2 is 2.40 bits per heavy atom. The molecule has 1 aliphatic rings. The van der Waals surface area contributed by atoms with Crippen molar-refractivity contribution in [2.45, 2.75) is 19.4 Å². The molecule has 1 rings (SSSR count). The molecule has 0 aromatic carbocycles. The van der Waals surface area contributed by atoms with Crippen molar-refractivity contribution in [1.82, 2.24) is 0 Å². The molecule has 1 aliphatic carbocycles. The van der Waals surface area contributed by atoms with E-state index in [1.807, 2.05) is 0 Å². The number of hydrogen-bond acceptors (Lipinski definition) is 2. The van der Waals surface area contributed by atoms with E-state index in [-0.39, 0.29) is 6.04 Å². The standard InChI is InChI=1S/C8H14N2/c1-6-2-3-8(10)7(4-6)5-9/h2,4,8H,3,5,9-10H2,1H3/t8-/m1/s1. The smallest absolute Gasteiger partial charge is 0.0304 e. The summed E-state index contributed by atoms with van der Waals surface area (Å²) in [5.41, 5.74) is 13.7. The highest BCUT2D eigenvalue weighted by Gasteiger charge is 2.09. The van der Waals surface area contributed by atoms with E-state index in [2.05, 4.69) is 19.1 Å². The van der Waals surface area contributed by atoms with Crippen molar-refractivity contribution in [3.63, 3.8) is 0 Å². The summed E-state index contributed by atoms with van der Waals surface area (Å²) in [5.74, 6) is 0. The molecule has 56 valence electrons. The third-order valence-corrected chi connectivity index (χ3v) is 1.82. The Labute approximate surface area is 61.6 Å². The molecule has 4 N–H and O–H groups in total. The van der Waals surface area contributed by atoms with Crippen molar-refractivity contribution in [3.05, 3.63) is 23.3 Å². The van der Waals surface area contributed by atoms with Gasteiger partial charge in [-0.1, -0.05) is 17.7 Å². The molecular weight excluding hydrogens is 124 g/mol. The molecule has 0 fully saturated rings. The van der Waals surface area contributed by atoms with E-state index in [4.69, 9.17) is 11.5 Å². The Morgan fingerprint density at radius 3 is 2.90 bits per heavy atom. The van der Waals surface area contributed by atoms with Crippen molar-refractivity contribution >= 4 is 0 Å². The molecule has 1 atom stereocenters. The summed E-state index contributed by atoms with van der Waals surface area (Å²) in [5, 5.41) is 0. The lowest BCUT2D eigenvalue weighted by molar-refractivity contribution is 0.747. The molecule has 0 aliphatic heterocycles. The van der Waals surface area contributed by atoms with Crippen LogP contribution in [0.5, 0.6) is 0 Å². The summed E-state index contributed by atoms with van der Waals surface area (Å²) < 4.78 is 0. The first kappa shape index (κ1) is 7.51. The molecule has 0 heterocycles. The van der Waals surface area contributed by atoms with Gasteiger partial charge in [0.25, 0.3) is 0 Å². The highest BCUT2D eigenvalue weighted by molar-refractivity contribution is 5.30. The minimum atomic E-state index is 0.161. The monoisotopic (exact) mass is 138 g/mol. The van der Waals surface area contributed by atoms with Crippen LogP contribution in [0.15, 0.2) is 23.3 Å². The first-order chi connectivity index (χ1) is 4.74. The molecular formula is C8H14N2. The van der Waals surface area contributed by atoms with Crippen LogP contribution in [0.2, 0.25) is 0 Å². The summed E-state index contributed by atoms with van der Waals surface area (Å²) in [6, 6.07) is 0.161. The zero-order chi connectivity index (χ0) is 7.56. The summed E-state index contributed by atoms with van der Waals surface area (Å²) >= 11 is 0. The van der Waals surface area contributed by atoms with Crippen molar-refractivity contribution in [2.75, 3.05) is 6.54 Å². The van der Waals surface area contributed by atoms with Crippen LogP contribution in [0.3, 0.4) is 0 Å². The SMILES string of the molecule is CC1=CC[C@@H](N)C(CN)=C1. The second kappa shape index (κ2) is 2.99. The Balaban J connectivity index is 2.73. The first-order valence-corrected chi connectivity index (χ1v) is 3.57. The van der Waals surface area contributed by atoms with E-state index in [9.17, 15) is 0 Å². The van der Waals surface area contributed by atoms with Crippen LogP contribution >= 0.6 is 0 Å². The largest absolute Gasteiger partial charge is 0.327 e. The van der Waals surface area contributed by atoms with Crippen LogP contribution in [0.4, 0.5) is 0 Å². The maximum atomic E-state index is 5.76.